The molecule has 0 unspecified atom stereocenters. The van der Waals surface area contributed by atoms with E-state index in [0.29, 0.717) is 0 Å². The fraction of sp³-hybridized carbons (Fsp3) is 0.400. The lowest BCUT2D eigenvalue weighted by Crippen LogP contribution is -2.28. The van der Waals surface area contributed by atoms with Gasteiger partial charge in [-0.25, -0.2) is 0 Å². The summed E-state index contributed by atoms with van der Waals surface area (Å²) in [6.45, 7) is 0.0161. The number of carbonyl (C=O) groups is 2. The van der Waals surface area contributed by atoms with Crippen LogP contribution in [0.4, 0.5) is 0 Å². The maximum absolute atomic E-state index is 11.6. The lowest BCUT2D eigenvalue weighted by Gasteiger charge is -2.14. The van der Waals surface area contributed by atoms with Crippen molar-refractivity contribution in [3.05, 3.63) is 22.6 Å². The van der Waals surface area contributed by atoms with E-state index < -0.39 is 11.5 Å². The molecule has 1 aromatic heterocycles. The number of amides is 1. The second kappa shape index (κ2) is 6.20. The average Bonchev–Trinajstić information content (AvgIpc) is 2.29. The van der Waals surface area contributed by atoms with Crippen LogP contribution in [-0.4, -0.2) is 51.3 Å². The quantitative estimate of drug-likeness (QED) is 0.574. The van der Waals surface area contributed by atoms with Crippen LogP contribution in [0.3, 0.4) is 0 Å². The number of carbonyl (C=O) groups excluding carboxylic acids is 1. The molecule has 1 N–H and O–H groups in total. The van der Waals surface area contributed by atoms with Crippen LogP contribution in [0.15, 0.2) is 22.2 Å². The van der Waals surface area contributed by atoms with Crippen molar-refractivity contribution in [3.8, 4) is 0 Å². The summed E-state index contributed by atoms with van der Waals surface area (Å²) < 4.78 is 1.46. The van der Waals surface area contributed by atoms with Crippen molar-refractivity contribution in [3.63, 3.8) is 0 Å². The topological polar surface area (TPSA) is 92.5 Å². The Morgan fingerprint density at radius 2 is 2.17 bits per heavy atom. The molecule has 18 heavy (non-hydrogen) atoms. The first kappa shape index (κ1) is 14.2. The third kappa shape index (κ3) is 4.21. The minimum atomic E-state index is -1.01. The Morgan fingerprint density at radius 3 is 2.72 bits per heavy atom. The molecule has 0 aliphatic rings. The molecule has 0 bridgehead atoms. The summed E-state index contributed by atoms with van der Waals surface area (Å²) in [6.07, 6.45) is 1.43. The average molecular weight is 271 g/mol. The van der Waals surface area contributed by atoms with Crippen molar-refractivity contribution in [2.45, 2.75) is 11.7 Å². The summed E-state index contributed by atoms with van der Waals surface area (Å²) in [4.78, 5) is 38.3. The lowest BCUT2D eigenvalue weighted by atomic mass is 10.5. The van der Waals surface area contributed by atoms with E-state index in [2.05, 4.69) is 4.98 Å². The molecule has 0 fully saturated rings. The van der Waals surface area contributed by atoms with Gasteiger partial charge in [0.15, 0.2) is 5.16 Å². The SMILES string of the molecule is CN(C)C(=O)Cn1ccc(=O)nc1SCC(=O)O. The van der Waals surface area contributed by atoms with Crippen molar-refractivity contribution >= 4 is 23.6 Å². The van der Waals surface area contributed by atoms with E-state index in [0.717, 1.165) is 11.8 Å². The Bertz CT molecular complexity index is 512. The largest absolute Gasteiger partial charge is 0.481 e. The highest BCUT2D eigenvalue weighted by Crippen LogP contribution is 2.13. The van der Waals surface area contributed by atoms with Gasteiger partial charge in [-0.1, -0.05) is 11.8 Å². The van der Waals surface area contributed by atoms with Gasteiger partial charge in [-0.2, -0.15) is 4.98 Å². The zero-order valence-corrected chi connectivity index (χ0v) is 10.8. The van der Waals surface area contributed by atoms with Gasteiger partial charge in [-0.3, -0.25) is 14.4 Å². The van der Waals surface area contributed by atoms with Crippen LogP contribution >= 0.6 is 11.8 Å². The van der Waals surface area contributed by atoms with Crippen molar-refractivity contribution in [1.82, 2.24) is 14.5 Å². The Morgan fingerprint density at radius 1 is 1.50 bits per heavy atom. The van der Waals surface area contributed by atoms with Gasteiger partial charge in [0.05, 0.1) is 5.75 Å². The first-order chi connectivity index (χ1) is 8.40. The van der Waals surface area contributed by atoms with Gasteiger partial charge in [0.2, 0.25) is 5.91 Å². The Kier molecular flexibility index (Phi) is 4.90. The van der Waals surface area contributed by atoms with E-state index in [9.17, 15) is 14.4 Å². The number of carboxylic acid groups (broad SMARTS) is 1. The number of hydrogen-bond donors (Lipinski definition) is 1. The second-order valence-electron chi connectivity index (χ2n) is 3.65. The zero-order valence-electron chi connectivity index (χ0n) is 9.99. The number of likely N-dealkylation sites (N-methyl/N-ethyl adjacent to an activating group) is 1. The number of aliphatic carboxylic acids is 1. The Labute approximate surface area is 107 Å². The number of rotatable bonds is 5. The molecule has 1 amide bonds. The molecule has 0 radical (unpaired) electrons. The van der Waals surface area contributed by atoms with E-state index in [1.54, 1.807) is 14.1 Å². The molecular weight excluding hydrogens is 258 g/mol. The molecule has 98 valence electrons. The van der Waals surface area contributed by atoms with Gasteiger partial charge in [0.1, 0.15) is 6.54 Å². The van der Waals surface area contributed by atoms with E-state index in [4.69, 9.17) is 5.11 Å². The summed E-state index contributed by atoms with van der Waals surface area (Å²) in [7, 11) is 3.23. The van der Waals surface area contributed by atoms with Gasteiger partial charge in [0.25, 0.3) is 5.56 Å². The summed E-state index contributed by atoms with van der Waals surface area (Å²) in [5.74, 6) is -1.40. The van der Waals surface area contributed by atoms with Crippen molar-refractivity contribution in [1.29, 1.82) is 0 Å². The fourth-order valence-corrected chi connectivity index (χ4v) is 1.76. The molecule has 0 spiro atoms. The van der Waals surface area contributed by atoms with Crippen molar-refractivity contribution in [2.75, 3.05) is 19.8 Å². The molecule has 0 aliphatic heterocycles. The Hall–Kier alpha value is -1.83. The van der Waals surface area contributed by atoms with Crippen LogP contribution in [0.2, 0.25) is 0 Å². The zero-order chi connectivity index (χ0) is 13.7. The van der Waals surface area contributed by atoms with E-state index in [1.165, 1.54) is 21.7 Å². The summed E-state index contributed by atoms with van der Waals surface area (Å²) >= 11 is 0.905. The van der Waals surface area contributed by atoms with Gasteiger partial charge < -0.3 is 14.6 Å². The standard InChI is InChI=1S/C10H13N3O4S/c1-12(2)8(15)5-13-4-3-7(14)11-10(13)18-6-9(16)17/h3-4H,5-6H2,1-2H3,(H,16,17). The molecule has 1 aromatic rings. The predicted octanol–water partition coefficient (Wildman–Crippen LogP) is -0.492. The van der Waals surface area contributed by atoms with Crippen LogP contribution in [0.1, 0.15) is 0 Å². The fourth-order valence-electron chi connectivity index (χ4n) is 1.06. The van der Waals surface area contributed by atoms with Gasteiger partial charge in [-0.05, 0) is 0 Å². The maximum atomic E-state index is 11.6. The molecule has 0 atom stereocenters. The molecule has 1 heterocycles. The molecule has 0 saturated carbocycles. The minimum absolute atomic E-state index is 0.0161. The molecule has 0 saturated heterocycles. The van der Waals surface area contributed by atoms with Crippen molar-refractivity contribution in [2.24, 2.45) is 0 Å². The number of thioether (sulfide) groups is 1. The smallest absolute Gasteiger partial charge is 0.313 e. The number of hydrogen-bond acceptors (Lipinski definition) is 5. The molecule has 7 nitrogen and oxygen atoms in total. The van der Waals surface area contributed by atoms with Crippen molar-refractivity contribution < 1.29 is 14.7 Å². The lowest BCUT2D eigenvalue weighted by molar-refractivity contribution is -0.134. The third-order valence-electron chi connectivity index (χ3n) is 1.98. The van der Waals surface area contributed by atoms with E-state index in [1.807, 2.05) is 0 Å². The van der Waals surface area contributed by atoms with E-state index in [-0.39, 0.29) is 23.4 Å². The maximum Gasteiger partial charge on any atom is 0.313 e. The van der Waals surface area contributed by atoms with Crippen LogP contribution in [0.5, 0.6) is 0 Å². The number of nitrogens with zero attached hydrogens (tertiary/aromatic N) is 3. The number of aromatic nitrogens is 2. The minimum Gasteiger partial charge on any atom is -0.481 e. The van der Waals surface area contributed by atoms with Gasteiger partial charge in [0, 0.05) is 26.4 Å². The number of carboxylic acids is 1. The van der Waals surface area contributed by atoms with Gasteiger partial charge >= 0.3 is 5.97 Å². The van der Waals surface area contributed by atoms with E-state index >= 15 is 0 Å². The first-order valence-corrected chi connectivity index (χ1v) is 6.01. The summed E-state index contributed by atoms with van der Waals surface area (Å²) in [6, 6.07) is 1.23. The van der Waals surface area contributed by atoms with Gasteiger partial charge in [-0.15, -0.1) is 0 Å². The predicted molar refractivity (Wildman–Crippen MR) is 65.6 cm³/mol. The molecule has 0 aromatic carbocycles. The highest BCUT2D eigenvalue weighted by Gasteiger charge is 2.11. The third-order valence-corrected chi connectivity index (χ3v) is 2.95. The highest BCUT2D eigenvalue weighted by atomic mass is 32.2. The normalized spacial score (nSPS) is 10.1. The van der Waals surface area contributed by atoms with Crippen LogP contribution < -0.4 is 5.56 Å². The second-order valence-corrected chi connectivity index (χ2v) is 4.59. The first-order valence-electron chi connectivity index (χ1n) is 5.02. The Balaban J connectivity index is 2.92. The molecule has 0 aliphatic carbocycles. The monoisotopic (exact) mass is 271 g/mol. The molecule has 8 heteroatoms. The van der Waals surface area contributed by atoms with Crippen LogP contribution in [0, 0.1) is 0 Å². The molecular formula is C10H13N3O4S. The summed E-state index contributed by atoms with van der Waals surface area (Å²) in [5.41, 5.74) is -0.462. The van der Waals surface area contributed by atoms with Crippen LogP contribution in [0.25, 0.3) is 0 Å². The summed E-state index contributed by atoms with van der Waals surface area (Å²) in [5, 5.41) is 8.82. The van der Waals surface area contributed by atoms with Crippen LogP contribution in [-0.2, 0) is 16.1 Å². The molecule has 1 rings (SSSR count). The highest BCUT2D eigenvalue weighted by molar-refractivity contribution is 7.99.